The summed E-state index contributed by atoms with van der Waals surface area (Å²) in [6.07, 6.45) is 51.9. The number of carbonyl (C=O) groups is 1. The Labute approximate surface area is 326 Å². The number of ether oxygens (including phenoxy) is 2. The predicted molar refractivity (Wildman–Crippen MR) is 223 cm³/mol. The smallest absolute Gasteiger partial charge is 0.457 e. The van der Waals surface area contributed by atoms with Gasteiger partial charge < -0.3 is 24.6 Å². The van der Waals surface area contributed by atoms with E-state index in [0.29, 0.717) is 13.0 Å². The van der Waals surface area contributed by atoms with Crippen LogP contribution in [-0.2, 0) is 27.9 Å². The second-order valence-electron chi connectivity index (χ2n) is 12.2. The zero-order valence-corrected chi connectivity index (χ0v) is 33.8. The number of hydrogen-bond acceptors (Lipinski definition) is 8. The summed E-state index contributed by atoms with van der Waals surface area (Å²) in [4.78, 5) is 22.4. The van der Waals surface area contributed by atoms with Gasteiger partial charge in [-0.25, -0.2) is 4.57 Å². The molecule has 10 heteroatoms. The molecule has 0 rings (SSSR count). The molecule has 0 aromatic carbocycles. The third-order valence-electron chi connectivity index (χ3n) is 7.16. The van der Waals surface area contributed by atoms with Gasteiger partial charge in [0.25, 0.3) is 0 Å². The SMILES string of the molecule is CC/C=C\C/C=C\C/C=C\C/C=C\C/C=C\C/C=C\CCCOCC(COP(=O)(O)OCC(O)CO)OC(=O)CC/C=C\C/C=C\C/C=C\C/C=C\CC. The fourth-order valence-corrected chi connectivity index (χ4v) is 5.05. The number of phosphoric acid groups is 1. The maximum absolute atomic E-state index is 12.5. The van der Waals surface area contributed by atoms with Crippen molar-refractivity contribution in [2.24, 2.45) is 0 Å². The quantitative estimate of drug-likeness (QED) is 0.0249. The van der Waals surface area contributed by atoms with E-state index >= 15 is 0 Å². The fraction of sp³-hybridized carbons (Fsp3) is 0.523. The van der Waals surface area contributed by atoms with Crippen molar-refractivity contribution in [2.75, 3.05) is 33.0 Å². The van der Waals surface area contributed by atoms with Crippen molar-refractivity contribution in [3.05, 3.63) is 122 Å². The molecule has 0 heterocycles. The molecule has 304 valence electrons. The fourth-order valence-electron chi connectivity index (χ4n) is 4.26. The van der Waals surface area contributed by atoms with Crippen LogP contribution in [0.3, 0.4) is 0 Å². The predicted octanol–water partition coefficient (Wildman–Crippen LogP) is 10.5. The largest absolute Gasteiger partial charge is 0.472 e. The van der Waals surface area contributed by atoms with Crippen molar-refractivity contribution in [1.82, 2.24) is 0 Å². The van der Waals surface area contributed by atoms with Crippen LogP contribution >= 0.6 is 7.82 Å². The van der Waals surface area contributed by atoms with Crippen molar-refractivity contribution in [2.45, 2.75) is 116 Å². The van der Waals surface area contributed by atoms with E-state index in [9.17, 15) is 19.4 Å². The monoisotopic (exact) mass is 772 g/mol. The molecule has 0 amide bonds. The highest BCUT2D eigenvalue weighted by Gasteiger charge is 2.26. The minimum absolute atomic E-state index is 0.0290. The first-order valence-corrected chi connectivity index (χ1v) is 21.0. The molecule has 0 aliphatic heterocycles. The summed E-state index contributed by atoms with van der Waals surface area (Å²) in [6.45, 7) is 2.97. The lowest BCUT2D eigenvalue weighted by Gasteiger charge is -2.20. The number of aliphatic hydroxyl groups excluding tert-OH is 2. The summed E-state index contributed by atoms with van der Waals surface area (Å²) >= 11 is 0. The Bertz CT molecular complexity index is 1240. The van der Waals surface area contributed by atoms with Crippen molar-refractivity contribution in [3.8, 4) is 0 Å². The second kappa shape index (κ2) is 39.6. The van der Waals surface area contributed by atoms with Crippen molar-refractivity contribution in [3.63, 3.8) is 0 Å². The van der Waals surface area contributed by atoms with Gasteiger partial charge in [-0.3, -0.25) is 13.8 Å². The first-order chi connectivity index (χ1) is 26.3. The lowest BCUT2D eigenvalue weighted by Crippen LogP contribution is -2.28. The number of carbonyl (C=O) groups excluding carboxylic acids is 1. The molecule has 0 spiro atoms. The number of hydrogen-bond donors (Lipinski definition) is 3. The van der Waals surface area contributed by atoms with E-state index in [0.717, 1.165) is 77.0 Å². The summed E-state index contributed by atoms with van der Waals surface area (Å²) in [5.74, 6) is -0.489. The van der Waals surface area contributed by atoms with Crippen molar-refractivity contribution >= 4 is 13.8 Å². The normalized spacial score (nSPS) is 15.4. The Balaban J connectivity index is 4.45. The van der Waals surface area contributed by atoms with E-state index in [4.69, 9.17) is 23.6 Å². The van der Waals surface area contributed by atoms with E-state index in [2.05, 4.69) is 123 Å². The molecule has 0 bridgehead atoms. The number of rotatable bonds is 35. The number of esters is 1. The van der Waals surface area contributed by atoms with Crippen LogP contribution in [0.15, 0.2) is 122 Å². The van der Waals surface area contributed by atoms with Crippen molar-refractivity contribution in [1.29, 1.82) is 0 Å². The van der Waals surface area contributed by atoms with Crippen LogP contribution in [0.4, 0.5) is 0 Å². The van der Waals surface area contributed by atoms with Gasteiger partial charge in [0.1, 0.15) is 12.2 Å². The third-order valence-corrected chi connectivity index (χ3v) is 8.11. The molecule has 0 aromatic heterocycles. The van der Waals surface area contributed by atoms with Crippen LogP contribution in [-0.4, -0.2) is 66.3 Å². The van der Waals surface area contributed by atoms with Gasteiger partial charge in [0.2, 0.25) is 0 Å². The average molecular weight is 773 g/mol. The maximum Gasteiger partial charge on any atom is 0.472 e. The molecule has 54 heavy (non-hydrogen) atoms. The van der Waals surface area contributed by atoms with Gasteiger partial charge in [-0.05, 0) is 83.5 Å². The topological polar surface area (TPSA) is 132 Å². The summed E-state index contributed by atoms with van der Waals surface area (Å²) in [5.41, 5.74) is 0. The van der Waals surface area contributed by atoms with Gasteiger partial charge >= 0.3 is 13.8 Å². The number of unbranched alkanes of at least 4 members (excludes halogenated alkanes) is 1. The first-order valence-electron chi connectivity index (χ1n) is 19.5. The van der Waals surface area contributed by atoms with Crippen molar-refractivity contribution < 1.29 is 43.0 Å². The van der Waals surface area contributed by atoms with Gasteiger partial charge in [0.05, 0.1) is 26.4 Å². The van der Waals surface area contributed by atoms with Crippen LogP contribution in [0.2, 0.25) is 0 Å². The number of allylic oxidation sites excluding steroid dienone is 20. The Morgan fingerprint density at radius 3 is 1.39 bits per heavy atom. The molecule has 3 N–H and O–H groups in total. The van der Waals surface area contributed by atoms with E-state index in [1.165, 1.54) is 0 Å². The minimum Gasteiger partial charge on any atom is -0.457 e. The van der Waals surface area contributed by atoms with Gasteiger partial charge in [0.15, 0.2) is 0 Å². The van der Waals surface area contributed by atoms with Crippen LogP contribution < -0.4 is 0 Å². The van der Waals surface area contributed by atoms with Gasteiger partial charge in [-0.1, -0.05) is 135 Å². The highest BCUT2D eigenvalue weighted by molar-refractivity contribution is 7.47. The first kappa shape index (κ1) is 50.9. The van der Waals surface area contributed by atoms with Crippen LogP contribution in [0.1, 0.15) is 104 Å². The summed E-state index contributed by atoms with van der Waals surface area (Å²) in [7, 11) is -4.56. The Kier molecular flexibility index (Phi) is 37.3. The van der Waals surface area contributed by atoms with Gasteiger partial charge in [-0.2, -0.15) is 0 Å². The summed E-state index contributed by atoms with van der Waals surface area (Å²) in [6, 6.07) is 0. The van der Waals surface area contributed by atoms with Crippen LogP contribution in [0.5, 0.6) is 0 Å². The Morgan fingerprint density at radius 1 is 0.574 bits per heavy atom. The molecule has 0 aliphatic carbocycles. The lowest BCUT2D eigenvalue weighted by atomic mass is 10.2. The van der Waals surface area contributed by atoms with E-state index in [1.807, 2.05) is 12.2 Å². The van der Waals surface area contributed by atoms with Crippen LogP contribution in [0, 0.1) is 0 Å². The Morgan fingerprint density at radius 2 is 0.963 bits per heavy atom. The molecule has 3 unspecified atom stereocenters. The highest BCUT2D eigenvalue weighted by atomic mass is 31.2. The molecule has 0 aliphatic rings. The molecule has 0 saturated carbocycles. The van der Waals surface area contributed by atoms with E-state index < -0.39 is 45.8 Å². The zero-order valence-electron chi connectivity index (χ0n) is 32.9. The van der Waals surface area contributed by atoms with Gasteiger partial charge in [0, 0.05) is 13.0 Å². The molecule has 0 aromatic rings. The molecule has 0 fully saturated rings. The Hall–Kier alpha value is -3.14. The van der Waals surface area contributed by atoms with E-state index in [-0.39, 0.29) is 13.0 Å². The maximum atomic E-state index is 12.5. The molecular weight excluding hydrogens is 703 g/mol. The number of aliphatic hydroxyl groups is 2. The molecule has 0 radical (unpaired) electrons. The standard InChI is InChI=1S/C44H69O9P/c1-3-5-7-9-11-13-15-17-18-19-20-21-22-23-25-27-29-31-33-35-37-50-40-43(41-52-54(48,49)51-39-42(46)38-45)53-44(47)36-34-32-30-28-26-24-16-14-12-10-8-6-4-2/h5-8,11-14,17-18,20-21,23-26,29-32,42-43,45-46H,3-4,9-10,15-16,19,22,27-28,33-41H2,1-2H3,(H,48,49)/b7-5-,8-6-,13-11-,14-12-,18-17-,21-20-,25-23-,26-24-,31-29-,32-30-. The van der Waals surface area contributed by atoms with Crippen LogP contribution in [0.25, 0.3) is 0 Å². The summed E-state index contributed by atoms with van der Waals surface area (Å²) in [5, 5.41) is 18.3. The average Bonchev–Trinajstić information content (AvgIpc) is 3.16. The third kappa shape index (κ3) is 38.6. The summed E-state index contributed by atoms with van der Waals surface area (Å²) < 4.78 is 33.1. The van der Waals surface area contributed by atoms with Gasteiger partial charge in [-0.15, -0.1) is 0 Å². The molecular formula is C44H69O9P. The lowest BCUT2D eigenvalue weighted by molar-refractivity contribution is -0.154. The molecule has 0 saturated heterocycles. The zero-order chi connectivity index (χ0) is 39.6. The highest BCUT2D eigenvalue weighted by Crippen LogP contribution is 2.43. The second-order valence-corrected chi connectivity index (χ2v) is 13.6. The molecule has 3 atom stereocenters. The minimum atomic E-state index is -4.56. The molecule has 9 nitrogen and oxygen atoms in total. The number of phosphoric ester groups is 1. The van der Waals surface area contributed by atoms with E-state index in [1.54, 1.807) is 0 Å².